The largest absolute Gasteiger partial charge is 0.454 e. The number of rotatable bonds is 2. The first-order valence-corrected chi connectivity index (χ1v) is 7.79. The lowest BCUT2D eigenvalue weighted by atomic mass is 10.1. The first-order valence-electron chi connectivity index (χ1n) is 6.81. The van der Waals surface area contributed by atoms with E-state index in [-0.39, 0.29) is 6.04 Å². The Kier molecular flexibility index (Phi) is 3.20. The summed E-state index contributed by atoms with van der Waals surface area (Å²) in [6.45, 7) is 0.296. The third kappa shape index (κ3) is 2.56. The highest BCUT2D eigenvalue weighted by Gasteiger charge is 2.20. The Hall–Kier alpha value is -2.14. The zero-order valence-corrected chi connectivity index (χ0v) is 12.1. The Morgan fingerprint density at radius 2 is 1.90 bits per heavy atom. The number of ether oxygens (including phenoxy) is 2. The van der Waals surface area contributed by atoms with Gasteiger partial charge < -0.3 is 14.8 Å². The van der Waals surface area contributed by atoms with Crippen molar-refractivity contribution in [2.45, 2.75) is 6.04 Å². The molecule has 0 saturated carbocycles. The van der Waals surface area contributed by atoms with E-state index in [1.807, 2.05) is 24.3 Å². The first kappa shape index (κ1) is 12.6. The van der Waals surface area contributed by atoms with Crippen molar-refractivity contribution >= 4 is 22.6 Å². The molecule has 106 valence electrons. The maximum absolute atomic E-state index is 5.39. The molecule has 0 bridgehead atoms. The van der Waals surface area contributed by atoms with E-state index < -0.39 is 0 Å². The number of amidine groups is 1. The Morgan fingerprint density at radius 3 is 2.81 bits per heavy atom. The molecule has 1 atom stereocenters. The monoisotopic (exact) mass is 298 g/mol. The van der Waals surface area contributed by atoms with Crippen molar-refractivity contribution in [3.8, 4) is 11.5 Å². The molecule has 0 aliphatic carbocycles. The molecule has 2 aromatic carbocycles. The van der Waals surface area contributed by atoms with Crippen LogP contribution in [-0.4, -0.2) is 17.7 Å². The van der Waals surface area contributed by atoms with Crippen molar-refractivity contribution in [1.29, 1.82) is 0 Å². The number of hydrogen-bond donors (Lipinski definition) is 1. The Labute approximate surface area is 127 Å². The standard InChI is InChI=1S/C16H14N2O2S/c1-2-4-11(5-3-1)13-9-21-16(18-13)17-12-6-7-14-15(8-12)20-10-19-14/h1-8,13H,9-10H2,(H,17,18). The number of fused-ring (bicyclic) bond motifs is 1. The second kappa shape index (κ2) is 5.33. The highest BCUT2D eigenvalue weighted by molar-refractivity contribution is 8.14. The van der Waals surface area contributed by atoms with Gasteiger partial charge in [0.1, 0.15) is 0 Å². The summed E-state index contributed by atoms with van der Waals surface area (Å²) >= 11 is 1.74. The van der Waals surface area contributed by atoms with Gasteiger partial charge in [-0.1, -0.05) is 42.1 Å². The van der Waals surface area contributed by atoms with Gasteiger partial charge in [-0.2, -0.15) is 0 Å². The van der Waals surface area contributed by atoms with E-state index in [0.717, 1.165) is 28.1 Å². The lowest BCUT2D eigenvalue weighted by molar-refractivity contribution is 0.174. The van der Waals surface area contributed by atoms with E-state index in [2.05, 4.69) is 29.6 Å². The molecule has 1 unspecified atom stereocenters. The molecule has 5 heteroatoms. The summed E-state index contributed by atoms with van der Waals surface area (Å²) in [5.74, 6) is 2.55. The van der Waals surface area contributed by atoms with Crippen LogP contribution in [0.4, 0.5) is 5.69 Å². The fraction of sp³-hybridized carbons (Fsp3) is 0.188. The molecule has 2 aromatic rings. The van der Waals surface area contributed by atoms with Crippen molar-refractivity contribution < 1.29 is 9.47 Å². The predicted molar refractivity (Wildman–Crippen MR) is 85.3 cm³/mol. The lowest BCUT2D eigenvalue weighted by Gasteiger charge is -2.06. The number of benzene rings is 2. The van der Waals surface area contributed by atoms with Crippen LogP contribution in [0.25, 0.3) is 0 Å². The van der Waals surface area contributed by atoms with E-state index in [9.17, 15) is 0 Å². The van der Waals surface area contributed by atoms with Gasteiger partial charge in [0.2, 0.25) is 6.79 Å². The molecule has 2 heterocycles. The van der Waals surface area contributed by atoms with Crippen molar-refractivity contribution in [2.75, 3.05) is 17.9 Å². The molecule has 0 amide bonds. The molecule has 2 aliphatic heterocycles. The maximum Gasteiger partial charge on any atom is 0.231 e. The summed E-state index contributed by atoms with van der Waals surface area (Å²) in [5, 5.41) is 4.29. The number of nitrogens with zero attached hydrogens (tertiary/aromatic N) is 1. The normalized spacial score (nSPS) is 19.4. The van der Waals surface area contributed by atoms with Gasteiger partial charge in [-0.3, -0.25) is 4.99 Å². The molecular formula is C16H14N2O2S. The van der Waals surface area contributed by atoms with Crippen molar-refractivity contribution in [2.24, 2.45) is 4.99 Å². The van der Waals surface area contributed by atoms with Crippen LogP contribution in [-0.2, 0) is 0 Å². The van der Waals surface area contributed by atoms with Gasteiger partial charge in [0.05, 0.1) is 6.04 Å². The minimum absolute atomic E-state index is 0.229. The fourth-order valence-electron chi connectivity index (χ4n) is 2.39. The van der Waals surface area contributed by atoms with Crippen molar-refractivity contribution in [1.82, 2.24) is 0 Å². The summed E-state index contributed by atoms with van der Waals surface area (Å²) in [4.78, 5) is 4.74. The highest BCUT2D eigenvalue weighted by Crippen LogP contribution is 2.36. The molecule has 0 fully saturated rings. The van der Waals surface area contributed by atoms with Crippen molar-refractivity contribution in [3.63, 3.8) is 0 Å². The topological polar surface area (TPSA) is 42.8 Å². The van der Waals surface area contributed by atoms with Crippen LogP contribution in [0.1, 0.15) is 11.6 Å². The third-order valence-corrected chi connectivity index (χ3v) is 4.42. The Morgan fingerprint density at radius 1 is 1.05 bits per heavy atom. The third-order valence-electron chi connectivity index (χ3n) is 3.46. The predicted octanol–water partition coefficient (Wildman–Crippen LogP) is 3.67. The smallest absolute Gasteiger partial charge is 0.231 e. The van der Waals surface area contributed by atoms with Crippen LogP contribution in [0, 0.1) is 0 Å². The maximum atomic E-state index is 5.39. The molecule has 0 spiro atoms. The number of thioether (sulfide) groups is 1. The average molecular weight is 298 g/mol. The average Bonchev–Trinajstić information content (AvgIpc) is 3.17. The Balaban J connectivity index is 1.50. The fourth-order valence-corrected chi connectivity index (χ4v) is 3.36. The SMILES string of the molecule is c1ccc(C2CSC(Nc3ccc4c(c3)OCO4)=N2)cc1. The number of anilines is 1. The van der Waals surface area contributed by atoms with Gasteiger partial charge in [-0.05, 0) is 17.7 Å². The lowest BCUT2D eigenvalue weighted by Crippen LogP contribution is -2.04. The summed E-state index contributed by atoms with van der Waals surface area (Å²) in [5.41, 5.74) is 2.23. The van der Waals surface area contributed by atoms with E-state index in [1.54, 1.807) is 11.8 Å². The summed E-state index contributed by atoms with van der Waals surface area (Å²) < 4.78 is 10.7. The van der Waals surface area contributed by atoms with E-state index >= 15 is 0 Å². The van der Waals surface area contributed by atoms with Gasteiger partial charge in [-0.15, -0.1) is 0 Å². The quantitative estimate of drug-likeness (QED) is 0.918. The van der Waals surface area contributed by atoms with Crippen LogP contribution < -0.4 is 14.8 Å². The Bertz CT molecular complexity index is 688. The van der Waals surface area contributed by atoms with E-state index in [1.165, 1.54) is 5.56 Å². The van der Waals surface area contributed by atoms with Gasteiger partial charge in [0.15, 0.2) is 16.7 Å². The van der Waals surface area contributed by atoms with Crippen LogP contribution in [0.5, 0.6) is 11.5 Å². The van der Waals surface area contributed by atoms with Crippen molar-refractivity contribution in [3.05, 3.63) is 54.1 Å². The molecule has 4 rings (SSSR count). The summed E-state index contributed by atoms with van der Waals surface area (Å²) in [6, 6.07) is 16.5. The number of hydrogen-bond acceptors (Lipinski definition) is 5. The van der Waals surface area contributed by atoms with Gasteiger partial charge in [0, 0.05) is 17.5 Å². The van der Waals surface area contributed by atoms with Crippen LogP contribution in [0.3, 0.4) is 0 Å². The molecule has 0 radical (unpaired) electrons. The second-order valence-electron chi connectivity index (χ2n) is 4.86. The van der Waals surface area contributed by atoms with Crippen LogP contribution >= 0.6 is 11.8 Å². The first-order chi connectivity index (χ1) is 10.4. The van der Waals surface area contributed by atoms with E-state index in [4.69, 9.17) is 14.5 Å². The van der Waals surface area contributed by atoms with Gasteiger partial charge >= 0.3 is 0 Å². The second-order valence-corrected chi connectivity index (χ2v) is 5.87. The van der Waals surface area contributed by atoms with Crippen LogP contribution in [0.2, 0.25) is 0 Å². The molecule has 0 aromatic heterocycles. The molecular weight excluding hydrogens is 284 g/mol. The zero-order valence-electron chi connectivity index (χ0n) is 11.3. The number of nitrogens with one attached hydrogen (secondary N) is 1. The summed E-state index contributed by atoms with van der Waals surface area (Å²) in [7, 11) is 0. The minimum Gasteiger partial charge on any atom is -0.454 e. The number of aliphatic imine (C=N–C) groups is 1. The summed E-state index contributed by atoms with van der Waals surface area (Å²) in [6.07, 6.45) is 0. The molecule has 2 aliphatic rings. The molecule has 4 nitrogen and oxygen atoms in total. The molecule has 1 N–H and O–H groups in total. The minimum atomic E-state index is 0.229. The zero-order chi connectivity index (χ0) is 14.1. The molecule has 0 saturated heterocycles. The highest BCUT2D eigenvalue weighted by atomic mass is 32.2. The van der Waals surface area contributed by atoms with Crippen LogP contribution in [0.15, 0.2) is 53.5 Å². The van der Waals surface area contributed by atoms with E-state index in [0.29, 0.717) is 6.79 Å². The van der Waals surface area contributed by atoms with Gasteiger partial charge in [-0.25, -0.2) is 0 Å². The molecule has 21 heavy (non-hydrogen) atoms. The van der Waals surface area contributed by atoms with Gasteiger partial charge in [0.25, 0.3) is 0 Å².